The maximum Gasteiger partial charge on any atom is 0.335 e. The van der Waals surface area contributed by atoms with Gasteiger partial charge in [-0.05, 0) is 73.0 Å². The Kier molecular flexibility index (Phi) is 7.62. The lowest BCUT2D eigenvalue weighted by Gasteiger charge is -2.26. The van der Waals surface area contributed by atoms with Crippen LogP contribution in [0.15, 0.2) is 66.2 Å². The highest BCUT2D eigenvalue weighted by atomic mass is 35.5. The van der Waals surface area contributed by atoms with E-state index in [2.05, 4.69) is 5.32 Å². The van der Waals surface area contributed by atoms with Gasteiger partial charge in [-0.3, -0.25) is 14.9 Å². The van der Waals surface area contributed by atoms with E-state index in [-0.39, 0.29) is 22.9 Å². The van der Waals surface area contributed by atoms with Crippen LogP contribution < -0.4 is 19.7 Å². The third-order valence-electron chi connectivity index (χ3n) is 5.46. The highest BCUT2D eigenvalue weighted by Crippen LogP contribution is 2.38. The number of carbonyl (C=O) groups is 3. The first-order valence-electron chi connectivity index (χ1n) is 11.1. The molecule has 3 aromatic rings. The van der Waals surface area contributed by atoms with Gasteiger partial charge in [0.1, 0.15) is 12.2 Å². The molecule has 0 atom stereocenters. The average Bonchev–Trinajstić information content (AvgIpc) is 2.83. The highest BCUT2D eigenvalue weighted by Gasteiger charge is 2.36. The Bertz CT molecular complexity index is 1370. The Hall–Kier alpha value is -3.81. The number of hydrogen-bond donors (Lipinski definition) is 1. The van der Waals surface area contributed by atoms with Crippen molar-refractivity contribution in [3.63, 3.8) is 0 Å². The predicted octanol–water partition coefficient (Wildman–Crippen LogP) is 5.95. The SMILES string of the molecule is CCOc1cc(/C=C2\C(=O)NC(=O)N(c3ccc(Cl)cc3)C2=O)cc(Cl)c1OCc1ccccc1C. The van der Waals surface area contributed by atoms with Crippen LogP contribution in [-0.2, 0) is 16.2 Å². The number of imide groups is 2. The van der Waals surface area contributed by atoms with E-state index in [1.807, 2.05) is 38.1 Å². The van der Waals surface area contributed by atoms with Gasteiger partial charge in [-0.15, -0.1) is 0 Å². The molecular weight excluding hydrogens is 503 g/mol. The van der Waals surface area contributed by atoms with Gasteiger partial charge >= 0.3 is 6.03 Å². The van der Waals surface area contributed by atoms with Crippen LogP contribution in [0.1, 0.15) is 23.6 Å². The average molecular weight is 525 g/mol. The fraction of sp³-hybridized carbons (Fsp3) is 0.148. The van der Waals surface area contributed by atoms with E-state index in [9.17, 15) is 14.4 Å². The Morgan fingerprint density at radius 3 is 2.39 bits per heavy atom. The number of urea groups is 1. The lowest BCUT2D eigenvalue weighted by Crippen LogP contribution is -2.54. The highest BCUT2D eigenvalue weighted by molar-refractivity contribution is 6.39. The van der Waals surface area contributed by atoms with Gasteiger partial charge in [0.2, 0.25) is 0 Å². The number of carbonyl (C=O) groups excluding carboxylic acids is 3. The topological polar surface area (TPSA) is 84.9 Å². The fourth-order valence-corrected chi connectivity index (χ4v) is 4.04. The first-order chi connectivity index (χ1) is 17.3. The summed E-state index contributed by atoms with van der Waals surface area (Å²) in [5.74, 6) is -0.884. The first-order valence-corrected chi connectivity index (χ1v) is 11.8. The number of aryl methyl sites for hydroxylation is 1. The number of anilines is 1. The second-order valence-electron chi connectivity index (χ2n) is 7.91. The first kappa shape index (κ1) is 25.3. The van der Waals surface area contributed by atoms with Crippen molar-refractivity contribution >= 4 is 52.8 Å². The van der Waals surface area contributed by atoms with Crippen LogP contribution in [0.4, 0.5) is 10.5 Å². The van der Waals surface area contributed by atoms with Crippen molar-refractivity contribution in [2.75, 3.05) is 11.5 Å². The molecular formula is C27H22Cl2N2O5. The van der Waals surface area contributed by atoms with Crippen molar-refractivity contribution in [3.05, 3.63) is 93.0 Å². The maximum atomic E-state index is 13.1. The summed E-state index contributed by atoms with van der Waals surface area (Å²) in [5, 5.41) is 2.88. The second-order valence-corrected chi connectivity index (χ2v) is 8.76. The molecule has 0 radical (unpaired) electrons. The third-order valence-corrected chi connectivity index (χ3v) is 6.00. The molecule has 3 aromatic carbocycles. The minimum absolute atomic E-state index is 0.239. The number of ether oxygens (including phenoxy) is 2. The van der Waals surface area contributed by atoms with Gasteiger partial charge in [0.25, 0.3) is 11.8 Å². The number of hydrogen-bond acceptors (Lipinski definition) is 5. The number of benzene rings is 3. The molecule has 7 nitrogen and oxygen atoms in total. The molecule has 4 amide bonds. The largest absolute Gasteiger partial charge is 0.490 e. The Balaban J connectivity index is 1.66. The second kappa shape index (κ2) is 10.8. The molecule has 0 unspecified atom stereocenters. The van der Waals surface area contributed by atoms with Crippen molar-refractivity contribution < 1.29 is 23.9 Å². The number of barbiturate groups is 1. The number of halogens is 2. The zero-order valence-electron chi connectivity index (χ0n) is 19.5. The molecule has 1 saturated heterocycles. The normalized spacial score (nSPS) is 14.7. The molecule has 36 heavy (non-hydrogen) atoms. The van der Waals surface area contributed by atoms with E-state index in [1.165, 1.54) is 18.2 Å². The Morgan fingerprint density at radius 2 is 1.69 bits per heavy atom. The standard InChI is InChI=1S/C27H22Cl2N2O5/c1-3-35-23-14-17(13-22(29)24(23)36-15-18-7-5-4-6-16(18)2)12-21-25(32)30-27(34)31(26(21)33)20-10-8-19(28)9-11-20/h4-14H,3,15H2,1-2H3,(H,30,32,34)/b21-12+. The lowest BCUT2D eigenvalue weighted by molar-refractivity contribution is -0.122. The molecule has 1 aliphatic rings. The van der Waals surface area contributed by atoms with E-state index in [0.29, 0.717) is 28.7 Å². The van der Waals surface area contributed by atoms with Crippen molar-refractivity contribution in [2.45, 2.75) is 20.5 Å². The summed E-state index contributed by atoms with van der Waals surface area (Å²) >= 11 is 12.4. The molecule has 1 N–H and O–H groups in total. The number of nitrogens with zero attached hydrogens (tertiary/aromatic N) is 1. The number of rotatable bonds is 7. The molecule has 0 aliphatic carbocycles. The summed E-state index contributed by atoms with van der Waals surface area (Å²) in [6.07, 6.45) is 1.35. The van der Waals surface area contributed by atoms with E-state index >= 15 is 0 Å². The van der Waals surface area contributed by atoms with Gasteiger partial charge in [-0.25, -0.2) is 9.69 Å². The van der Waals surface area contributed by atoms with Crippen LogP contribution in [0, 0.1) is 6.92 Å². The van der Waals surface area contributed by atoms with Crippen LogP contribution in [0.25, 0.3) is 6.08 Å². The molecule has 1 aliphatic heterocycles. The van der Waals surface area contributed by atoms with Gasteiger partial charge in [-0.2, -0.15) is 0 Å². The van der Waals surface area contributed by atoms with Crippen LogP contribution >= 0.6 is 23.2 Å². The smallest absolute Gasteiger partial charge is 0.335 e. The van der Waals surface area contributed by atoms with Gasteiger partial charge in [-0.1, -0.05) is 47.5 Å². The molecule has 9 heteroatoms. The van der Waals surface area contributed by atoms with Crippen molar-refractivity contribution in [3.8, 4) is 11.5 Å². The number of nitrogens with one attached hydrogen (secondary N) is 1. The summed E-state index contributed by atoms with van der Waals surface area (Å²) in [4.78, 5) is 39.0. The molecule has 1 heterocycles. The minimum Gasteiger partial charge on any atom is -0.490 e. The third kappa shape index (κ3) is 5.37. The molecule has 0 spiro atoms. The number of amides is 4. The minimum atomic E-state index is -0.850. The van der Waals surface area contributed by atoms with Crippen LogP contribution in [0.5, 0.6) is 11.5 Å². The zero-order chi connectivity index (χ0) is 25.8. The van der Waals surface area contributed by atoms with Gasteiger partial charge < -0.3 is 9.47 Å². The molecule has 0 saturated carbocycles. The van der Waals surface area contributed by atoms with Crippen molar-refractivity contribution in [2.24, 2.45) is 0 Å². The Morgan fingerprint density at radius 1 is 0.972 bits per heavy atom. The van der Waals surface area contributed by atoms with Crippen LogP contribution in [0.3, 0.4) is 0 Å². The molecule has 0 aromatic heterocycles. The summed E-state index contributed by atoms with van der Waals surface area (Å²) < 4.78 is 11.7. The maximum absolute atomic E-state index is 13.1. The predicted molar refractivity (Wildman–Crippen MR) is 139 cm³/mol. The van der Waals surface area contributed by atoms with Gasteiger partial charge in [0.05, 0.1) is 17.3 Å². The van der Waals surface area contributed by atoms with Gasteiger partial charge in [0, 0.05) is 5.02 Å². The summed E-state index contributed by atoms with van der Waals surface area (Å²) in [7, 11) is 0. The van der Waals surface area contributed by atoms with Gasteiger partial charge in [0.15, 0.2) is 11.5 Å². The Labute approximate surface area is 218 Å². The summed E-state index contributed by atoms with van der Waals surface area (Å²) in [6.45, 7) is 4.43. The van der Waals surface area contributed by atoms with Crippen molar-refractivity contribution in [1.82, 2.24) is 5.32 Å². The lowest BCUT2D eigenvalue weighted by atomic mass is 10.1. The fourth-order valence-electron chi connectivity index (χ4n) is 3.65. The molecule has 0 bridgehead atoms. The summed E-state index contributed by atoms with van der Waals surface area (Å²) in [5.41, 5.74) is 2.54. The monoisotopic (exact) mass is 524 g/mol. The van der Waals surface area contributed by atoms with E-state index < -0.39 is 17.8 Å². The summed E-state index contributed by atoms with van der Waals surface area (Å²) in [6, 6.07) is 16.3. The van der Waals surface area contributed by atoms with E-state index in [0.717, 1.165) is 16.0 Å². The van der Waals surface area contributed by atoms with E-state index in [1.54, 1.807) is 24.3 Å². The van der Waals surface area contributed by atoms with Crippen LogP contribution in [-0.4, -0.2) is 24.5 Å². The van der Waals surface area contributed by atoms with Crippen molar-refractivity contribution in [1.29, 1.82) is 0 Å². The van der Waals surface area contributed by atoms with E-state index in [4.69, 9.17) is 32.7 Å². The quantitative estimate of drug-likeness (QED) is 0.305. The molecule has 1 fully saturated rings. The molecule has 184 valence electrons. The zero-order valence-corrected chi connectivity index (χ0v) is 21.0. The molecule has 4 rings (SSSR count). The van der Waals surface area contributed by atoms with Crippen LogP contribution in [0.2, 0.25) is 10.0 Å².